The van der Waals surface area contributed by atoms with Crippen LogP contribution in [0, 0.1) is 13.8 Å². The molecular formula is C27H21ClN2O4. The minimum absolute atomic E-state index is 0.0345. The molecule has 0 unspecified atom stereocenters. The van der Waals surface area contributed by atoms with Gasteiger partial charge in [0.1, 0.15) is 11.3 Å². The molecule has 2 N–H and O–H groups in total. The highest BCUT2D eigenvalue weighted by Gasteiger charge is 2.22. The van der Waals surface area contributed by atoms with Crippen LogP contribution in [0.15, 0.2) is 83.8 Å². The Morgan fingerprint density at radius 1 is 0.882 bits per heavy atom. The maximum atomic E-state index is 13.4. The van der Waals surface area contributed by atoms with Crippen LogP contribution in [-0.2, 0) is 0 Å². The molecule has 6 nitrogen and oxygen atoms in total. The molecule has 0 bridgehead atoms. The number of anilines is 1. The number of carbonyl (C=O) groups is 2. The van der Waals surface area contributed by atoms with E-state index < -0.39 is 17.2 Å². The van der Waals surface area contributed by atoms with Crippen molar-refractivity contribution in [1.82, 2.24) is 4.57 Å². The van der Waals surface area contributed by atoms with Gasteiger partial charge in [-0.25, -0.2) is 0 Å². The number of hydrogen-bond acceptors (Lipinski definition) is 4. The average Bonchev–Trinajstić information content (AvgIpc) is 2.82. The van der Waals surface area contributed by atoms with E-state index in [0.29, 0.717) is 11.4 Å². The van der Waals surface area contributed by atoms with E-state index in [1.807, 2.05) is 38.1 Å². The summed E-state index contributed by atoms with van der Waals surface area (Å²) in [5.74, 6) is -1.48. The van der Waals surface area contributed by atoms with E-state index in [1.54, 1.807) is 24.3 Å². The van der Waals surface area contributed by atoms with Gasteiger partial charge in [-0.1, -0.05) is 48.0 Å². The normalized spacial score (nSPS) is 10.7. The lowest BCUT2D eigenvalue weighted by Gasteiger charge is -2.14. The Bertz CT molecular complexity index is 1490. The fourth-order valence-electron chi connectivity index (χ4n) is 3.63. The predicted molar refractivity (Wildman–Crippen MR) is 132 cm³/mol. The Balaban J connectivity index is 1.90. The van der Waals surface area contributed by atoms with Gasteiger partial charge in [0.05, 0.1) is 11.3 Å². The van der Waals surface area contributed by atoms with Crippen LogP contribution in [0.4, 0.5) is 5.69 Å². The Morgan fingerprint density at radius 3 is 2.26 bits per heavy atom. The Hall–Kier alpha value is -4.16. The van der Waals surface area contributed by atoms with E-state index in [9.17, 15) is 19.5 Å². The molecule has 4 rings (SSSR count). The molecule has 0 saturated heterocycles. The van der Waals surface area contributed by atoms with Gasteiger partial charge < -0.3 is 10.4 Å². The number of aromatic hydroxyl groups is 1. The molecule has 0 saturated carbocycles. The molecule has 1 heterocycles. The van der Waals surface area contributed by atoms with Gasteiger partial charge >= 0.3 is 0 Å². The van der Waals surface area contributed by atoms with Crippen molar-refractivity contribution in [3.8, 4) is 11.4 Å². The van der Waals surface area contributed by atoms with Gasteiger partial charge in [0.15, 0.2) is 5.78 Å². The van der Waals surface area contributed by atoms with Crippen LogP contribution in [0.2, 0.25) is 5.02 Å². The highest BCUT2D eigenvalue weighted by Crippen LogP contribution is 2.25. The maximum absolute atomic E-state index is 13.4. The number of hydrogen-bond donors (Lipinski definition) is 2. The molecule has 0 radical (unpaired) electrons. The topological polar surface area (TPSA) is 88.4 Å². The van der Waals surface area contributed by atoms with Crippen molar-refractivity contribution in [2.75, 3.05) is 5.32 Å². The Morgan fingerprint density at radius 2 is 1.56 bits per heavy atom. The van der Waals surface area contributed by atoms with Crippen molar-refractivity contribution < 1.29 is 14.7 Å². The number of nitrogens with one attached hydrogen (secondary N) is 1. The lowest BCUT2D eigenvalue weighted by Crippen LogP contribution is -2.30. The third-order valence-electron chi connectivity index (χ3n) is 5.50. The lowest BCUT2D eigenvalue weighted by molar-refractivity contribution is 0.102. The summed E-state index contributed by atoms with van der Waals surface area (Å²) >= 11 is 6.03. The molecule has 0 aliphatic rings. The molecule has 170 valence electrons. The molecule has 0 aliphatic carbocycles. The minimum Gasteiger partial charge on any atom is -0.507 e. The number of pyridine rings is 1. The van der Waals surface area contributed by atoms with E-state index in [-0.39, 0.29) is 27.5 Å². The summed E-state index contributed by atoms with van der Waals surface area (Å²) < 4.78 is 1.27. The van der Waals surface area contributed by atoms with Crippen molar-refractivity contribution in [1.29, 1.82) is 0 Å². The van der Waals surface area contributed by atoms with Gasteiger partial charge in [0.2, 0.25) is 0 Å². The minimum atomic E-state index is -0.647. The third-order valence-corrected chi connectivity index (χ3v) is 5.73. The molecule has 1 amide bonds. The number of amides is 1. The molecule has 0 atom stereocenters. The smallest absolute Gasteiger partial charge is 0.267 e. The third kappa shape index (κ3) is 4.49. The average molecular weight is 473 g/mol. The fourth-order valence-corrected chi connectivity index (χ4v) is 3.80. The maximum Gasteiger partial charge on any atom is 0.267 e. The summed E-state index contributed by atoms with van der Waals surface area (Å²) in [5.41, 5.74) is 1.92. The molecular weight excluding hydrogens is 452 g/mol. The zero-order chi connectivity index (χ0) is 24.4. The molecule has 7 heteroatoms. The zero-order valence-corrected chi connectivity index (χ0v) is 19.3. The number of aromatic nitrogens is 1. The standard InChI is InChI=1S/C27H21ClN2O4/c1-16-7-3-5-9-22(16)29-26(33)21-13-18(25(32)20-14-19(28)11-12-24(20)31)15-30(27(21)34)23-10-6-4-8-17(23)2/h3-15,31H,1-2H3,(H,29,33). The van der Waals surface area contributed by atoms with Crippen LogP contribution >= 0.6 is 11.6 Å². The number of para-hydroxylation sites is 2. The summed E-state index contributed by atoms with van der Waals surface area (Å²) in [5, 5.41) is 13.3. The van der Waals surface area contributed by atoms with E-state index in [1.165, 1.54) is 35.0 Å². The first-order chi connectivity index (χ1) is 16.3. The monoisotopic (exact) mass is 472 g/mol. The van der Waals surface area contributed by atoms with Crippen LogP contribution in [0.3, 0.4) is 0 Å². The highest BCUT2D eigenvalue weighted by atomic mass is 35.5. The summed E-state index contributed by atoms with van der Waals surface area (Å²) in [4.78, 5) is 39.9. The van der Waals surface area contributed by atoms with Crippen LogP contribution in [0.1, 0.15) is 37.4 Å². The molecule has 34 heavy (non-hydrogen) atoms. The van der Waals surface area contributed by atoms with Crippen molar-refractivity contribution in [3.63, 3.8) is 0 Å². The summed E-state index contributed by atoms with van der Waals surface area (Å²) in [6, 6.07) is 19.7. The Kier molecular flexibility index (Phi) is 6.34. The summed E-state index contributed by atoms with van der Waals surface area (Å²) in [7, 11) is 0. The highest BCUT2D eigenvalue weighted by molar-refractivity contribution is 6.31. The quantitative estimate of drug-likeness (QED) is 0.386. The van der Waals surface area contributed by atoms with Gasteiger partial charge in [-0.2, -0.15) is 0 Å². The first kappa shape index (κ1) is 23.0. The van der Waals surface area contributed by atoms with Gasteiger partial charge in [-0.3, -0.25) is 19.0 Å². The first-order valence-corrected chi connectivity index (χ1v) is 10.9. The lowest BCUT2D eigenvalue weighted by atomic mass is 10.0. The van der Waals surface area contributed by atoms with Gasteiger partial charge in [0, 0.05) is 22.5 Å². The number of benzene rings is 3. The number of ketones is 1. The van der Waals surface area contributed by atoms with Crippen LogP contribution in [0.5, 0.6) is 5.75 Å². The number of phenols is 1. The first-order valence-electron chi connectivity index (χ1n) is 10.5. The second-order valence-electron chi connectivity index (χ2n) is 7.86. The number of aryl methyl sites for hydroxylation is 2. The predicted octanol–water partition coefficient (Wildman–Crippen LogP) is 5.30. The number of halogens is 1. The van der Waals surface area contributed by atoms with E-state index in [4.69, 9.17) is 11.6 Å². The van der Waals surface area contributed by atoms with Gasteiger partial charge in [-0.05, 0) is 61.4 Å². The van der Waals surface area contributed by atoms with Crippen molar-refractivity contribution in [2.24, 2.45) is 0 Å². The zero-order valence-electron chi connectivity index (χ0n) is 18.5. The SMILES string of the molecule is Cc1ccccc1NC(=O)c1cc(C(=O)c2cc(Cl)ccc2O)cn(-c2ccccc2C)c1=O. The molecule has 0 spiro atoms. The number of carbonyl (C=O) groups excluding carboxylic acids is 2. The van der Waals surface area contributed by atoms with Gasteiger partial charge in [-0.15, -0.1) is 0 Å². The molecule has 3 aromatic carbocycles. The second kappa shape index (κ2) is 9.37. The summed E-state index contributed by atoms with van der Waals surface area (Å²) in [6.45, 7) is 3.66. The molecule has 1 aromatic heterocycles. The van der Waals surface area contributed by atoms with Crippen molar-refractivity contribution >= 4 is 29.0 Å². The molecule has 4 aromatic rings. The van der Waals surface area contributed by atoms with E-state index in [2.05, 4.69) is 5.32 Å². The van der Waals surface area contributed by atoms with Crippen molar-refractivity contribution in [3.05, 3.63) is 122 Å². The largest absolute Gasteiger partial charge is 0.507 e. The van der Waals surface area contributed by atoms with Crippen LogP contribution in [-0.4, -0.2) is 21.4 Å². The van der Waals surface area contributed by atoms with Gasteiger partial charge in [0.25, 0.3) is 11.5 Å². The fraction of sp³-hybridized carbons (Fsp3) is 0.0741. The van der Waals surface area contributed by atoms with Crippen molar-refractivity contribution in [2.45, 2.75) is 13.8 Å². The number of rotatable bonds is 5. The molecule has 0 fully saturated rings. The number of phenolic OH excluding ortho intramolecular Hbond substituents is 1. The summed E-state index contributed by atoms with van der Waals surface area (Å²) in [6.07, 6.45) is 1.37. The Labute approximate surface area is 201 Å². The molecule has 0 aliphatic heterocycles. The van der Waals surface area contributed by atoms with Crippen LogP contribution in [0.25, 0.3) is 5.69 Å². The van der Waals surface area contributed by atoms with E-state index >= 15 is 0 Å². The number of nitrogens with zero attached hydrogens (tertiary/aromatic N) is 1. The van der Waals surface area contributed by atoms with E-state index in [0.717, 1.165) is 11.1 Å². The second-order valence-corrected chi connectivity index (χ2v) is 8.30. The van der Waals surface area contributed by atoms with Crippen LogP contribution < -0.4 is 10.9 Å².